The predicted molar refractivity (Wildman–Crippen MR) is 70.6 cm³/mol. The quantitative estimate of drug-likeness (QED) is 0.811. The van der Waals surface area contributed by atoms with Gasteiger partial charge in [-0.2, -0.15) is 0 Å². The van der Waals surface area contributed by atoms with E-state index >= 15 is 0 Å². The van der Waals surface area contributed by atoms with Gasteiger partial charge in [0.15, 0.2) is 0 Å². The fourth-order valence-corrected chi connectivity index (χ4v) is 2.86. The summed E-state index contributed by atoms with van der Waals surface area (Å²) < 4.78 is 11.4. The number of rotatable bonds is 2. The number of nitrogens with zero attached hydrogens (tertiary/aromatic N) is 1. The number of carbonyl (C=O) groups is 1. The smallest absolute Gasteiger partial charge is 0.249 e. The molecule has 1 aromatic carbocycles. The monoisotopic (exact) mass is 261 g/mol. The normalized spacial score (nSPS) is 31.1. The van der Waals surface area contributed by atoms with Crippen LogP contribution in [0.1, 0.15) is 18.9 Å². The molecule has 4 nitrogen and oxygen atoms in total. The molecule has 1 amide bonds. The van der Waals surface area contributed by atoms with Gasteiger partial charge in [-0.05, 0) is 12.5 Å². The van der Waals surface area contributed by atoms with Gasteiger partial charge in [0, 0.05) is 19.6 Å². The standard InChI is InChI=1S/C15H19NO3/c1-12-15(7-8-18-12)11-16(14(17)10-19-15)9-13-5-3-2-4-6-13/h2-6,12H,7-11H2,1H3. The summed E-state index contributed by atoms with van der Waals surface area (Å²) in [4.78, 5) is 13.9. The zero-order valence-corrected chi connectivity index (χ0v) is 11.2. The Morgan fingerprint density at radius 2 is 2.16 bits per heavy atom. The molecule has 2 saturated heterocycles. The second kappa shape index (κ2) is 4.94. The maximum atomic E-state index is 12.0. The van der Waals surface area contributed by atoms with Crippen molar-refractivity contribution in [1.82, 2.24) is 4.90 Å². The number of ether oxygens (including phenoxy) is 2. The maximum absolute atomic E-state index is 12.0. The van der Waals surface area contributed by atoms with Crippen molar-refractivity contribution in [3.05, 3.63) is 35.9 Å². The molecular formula is C15H19NO3. The molecule has 102 valence electrons. The Balaban J connectivity index is 1.75. The van der Waals surface area contributed by atoms with Gasteiger partial charge in [-0.15, -0.1) is 0 Å². The second-order valence-electron chi connectivity index (χ2n) is 5.35. The van der Waals surface area contributed by atoms with Crippen LogP contribution in [0.2, 0.25) is 0 Å². The maximum Gasteiger partial charge on any atom is 0.249 e. The van der Waals surface area contributed by atoms with Crippen LogP contribution in [0.15, 0.2) is 30.3 Å². The Labute approximate surface area is 113 Å². The van der Waals surface area contributed by atoms with Crippen molar-refractivity contribution in [3.8, 4) is 0 Å². The van der Waals surface area contributed by atoms with Gasteiger partial charge in [0.1, 0.15) is 12.2 Å². The Morgan fingerprint density at radius 3 is 2.84 bits per heavy atom. The molecule has 0 N–H and O–H groups in total. The van der Waals surface area contributed by atoms with Crippen LogP contribution in [-0.4, -0.2) is 42.3 Å². The lowest BCUT2D eigenvalue weighted by Gasteiger charge is -2.41. The summed E-state index contributed by atoms with van der Waals surface area (Å²) in [6, 6.07) is 10.1. The third kappa shape index (κ3) is 2.38. The van der Waals surface area contributed by atoms with E-state index in [0.717, 1.165) is 12.0 Å². The van der Waals surface area contributed by atoms with Gasteiger partial charge in [0.05, 0.1) is 12.6 Å². The first-order chi connectivity index (χ1) is 9.20. The van der Waals surface area contributed by atoms with Crippen LogP contribution < -0.4 is 0 Å². The van der Waals surface area contributed by atoms with Gasteiger partial charge in [0.25, 0.3) is 0 Å². The van der Waals surface area contributed by atoms with Crippen LogP contribution in [0, 0.1) is 0 Å². The zero-order chi connectivity index (χ0) is 13.3. The van der Waals surface area contributed by atoms with E-state index in [-0.39, 0.29) is 24.2 Å². The number of amides is 1. The average Bonchev–Trinajstić information content (AvgIpc) is 2.77. The Bertz CT molecular complexity index is 462. The van der Waals surface area contributed by atoms with Crippen molar-refractivity contribution in [2.24, 2.45) is 0 Å². The molecule has 0 aliphatic carbocycles. The van der Waals surface area contributed by atoms with Gasteiger partial charge in [-0.1, -0.05) is 30.3 Å². The first-order valence-electron chi connectivity index (χ1n) is 6.77. The minimum absolute atomic E-state index is 0.0545. The fraction of sp³-hybridized carbons (Fsp3) is 0.533. The van der Waals surface area contributed by atoms with Crippen molar-refractivity contribution >= 4 is 5.91 Å². The van der Waals surface area contributed by atoms with Gasteiger partial charge in [-0.25, -0.2) is 0 Å². The number of carbonyl (C=O) groups excluding carboxylic acids is 1. The predicted octanol–water partition coefficient (Wildman–Crippen LogP) is 1.59. The molecule has 0 saturated carbocycles. The van der Waals surface area contributed by atoms with E-state index in [2.05, 4.69) is 0 Å². The molecule has 2 atom stereocenters. The Kier molecular flexibility index (Phi) is 3.29. The van der Waals surface area contributed by atoms with Crippen molar-refractivity contribution < 1.29 is 14.3 Å². The zero-order valence-electron chi connectivity index (χ0n) is 11.2. The molecule has 0 radical (unpaired) electrons. The van der Waals surface area contributed by atoms with E-state index in [1.165, 1.54) is 0 Å². The molecule has 0 bridgehead atoms. The van der Waals surface area contributed by atoms with Crippen LogP contribution >= 0.6 is 0 Å². The molecule has 1 aromatic rings. The number of hydrogen-bond acceptors (Lipinski definition) is 3. The van der Waals surface area contributed by atoms with Crippen molar-refractivity contribution in [2.75, 3.05) is 19.8 Å². The second-order valence-corrected chi connectivity index (χ2v) is 5.35. The summed E-state index contributed by atoms with van der Waals surface area (Å²) in [5.41, 5.74) is 0.849. The third-order valence-electron chi connectivity index (χ3n) is 4.14. The lowest BCUT2D eigenvalue weighted by molar-refractivity contribution is -0.172. The molecule has 2 heterocycles. The minimum atomic E-state index is -0.303. The van der Waals surface area contributed by atoms with Crippen LogP contribution in [0.5, 0.6) is 0 Å². The number of benzene rings is 1. The van der Waals surface area contributed by atoms with Gasteiger partial charge in [0.2, 0.25) is 5.91 Å². The molecule has 19 heavy (non-hydrogen) atoms. The van der Waals surface area contributed by atoms with E-state index in [9.17, 15) is 4.79 Å². The van der Waals surface area contributed by atoms with Crippen molar-refractivity contribution in [1.29, 1.82) is 0 Å². The molecule has 4 heteroatoms. The lowest BCUT2D eigenvalue weighted by atomic mass is 9.93. The first kappa shape index (κ1) is 12.6. The van der Waals surface area contributed by atoms with Crippen LogP contribution in [0.25, 0.3) is 0 Å². The highest BCUT2D eigenvalue weighted by Crippen LogP contribution is 2.33. The summed E-state index contributed by atoms with van der Waals surface area (Å²) in [6.45, 7) is 4.19. The molecule has 2 unspecified atom stereocenters. The molecular weight excluding hydrogens is 242 g/mol. The minimum Gasteiger partial charge on any atom is -0.375 e. The summed E-state index contributed by atoms with van der Waals surface area (Å²) in [5, 5.41) is 0. The van der Waals surface area contributed by atoms with Crippen molar-refractivity contribution in [3.63, 3.8) is 0 Å². The van der Waals surface area contributed by atoms with Gasteiger partial charge >= 0.3 is 0 Å². The summed E-state index contributed by atoms with van der Waals surface area (Å²) in [5.74, 6) is 0.0635. The van der Waals surface area contributed by atoms with E-state index < -0.39 is 0 Å². The van der Waals surface area contributed by atoms with E-state index in [4.69, 9.17) is 9.47 Å². The molecule has 0 aromatic heterocycles. The van der Waals surface area contributed by atoms with Crippen molar-refractivity contribution in [2.45, 2.75) is 31.6 Å². The number of hydrogen-bond donors (Lipinski definition) is 0. The van der Waals surface area contributed by atoms with Crippen LogP contribution in [0.4, 0.5) is 0 Å². The Hall–Kier alpha value is -1.39. The Morgan fingerprint density at radius 1 is 1.37 bits per heavy atom. The van der Waals surface area contributed by atoms with E-state index in [1.54, 1.807) is 0 Å². The van der Waals surface area contributed by atoms with Crippen LogP contribution in [-0.2, 0) is 20.8 Å². The molecule has 3 rings (SSSR count). The summed E-state index contributed by atoms with van der Waals surface area (Å²) in [6.07, 6.45) is 0.922. The van der Waals surface area contributed by atoms with Gasteiger partial charge in [-0.3, -0.25) is 4.79 Å². The van der Waals surface area contributed by atoms with E-state index in [1.807, 2.05) is 42.2 Å². The highest BCUT2D eigenvalue weighted by atomic mass is 16.6. The summed E-state index contributed by atoms with van der Waals surface area (Å²) >= 11 is 0. The highest BCUT2D eigenvalue weighted by molar-refractivity contribution is 5.78. The third-order valence-corrected chi connectivity index (χ3v) is 4.14. The number of morpholine rings is 1. The largest absolute Gasteiger partial charge is 0.375 e. The molecule has 1 spiro atoms. The van der Waals surface area contributed by atoms with Gasteiger partial charge < -0.3 is 14.4 Å². The molecule has 2 aliphatic rings. The summed E-state index contributed by atoms with van der Waals surface area (Å²) in [7, 11) is 0. The SMILES string of the molecule is CC1OCCC12CN(Cc1ccccc1)C(=O)CO2. The average molecular weight is 261 g/mol. The molecule has 2 fully saturated rings. The fourth-order valence-electron chi connectivity index (χ4n) is 2.86. The molecule has 2 aliphatic heterocycles. The first-order valence-corrected chi connectivity index (χ1v) is 6.77. The topological polar surface area (TPSA) is 38.8 Å². The highest BCUT2D eigenvalue weighted by Gasteiger charge is 2.47. The lowest BCUT2D eigenvalue weighted by Crippen LogP contribution is -2.57. The van der Waals surface area contributed by atoms with Crippen LogP contribution in [0.3, 0.4) is 0 Å². The van der Waals surface area contributed by atoms with E-state index in [0.29, 0.717) is 19.7 Å².